The second-order valence-electron chi connectivity index (χ2n) is 3.91. The van der Waals surface area contributed by atoms with Crippen molar-refractivity contribution < 1.29 is 17.9 Å². The Bertz CT molecular complexity index is 635. The third-order valence-corrected chi connectivity index (χ3v) is 3.02. The van der Waals surface area contributed by atoms with Gasteiger partial charge in [-0.2, -0.15) is 13.2 Å². The lowest BCUT2D eigenvalue weighted by Crippen LogP contribution is -2.19. The molecule has 0 saturated carbocycles. The first-order valence-electron chi connectivity index (χ1n) is 5.39. The van der Waals surface area contributed by atoms with Gasteiger partial charge in [0.1, 0.15) is 6.61 Å². The summed E-state index contributed by atoms with van der Waals surface area (Å²) in [6, 6.07) is 5.17. The largest absolute Gasteiger partial charge is 0.411 e. The molecule has 0 amide bonds. The fourth-order valence-corrected chi connectivity index (χ4v) is 2.16. The maximum absolute atomic E-state index is 11.9. The van der Waals surface area contributed by atoms with Crippen LogP contribution in [0.15, 0.2) is 18.2 Å². The molecule has 0 aliphatic rings. The Morgan fingerprint density at radius 1 is 1.37 bits per heavy atom. The first kappa shape index (κ1) is 14.4. The van der Waals surface area contributed by atoms with Gasteiger partial charge in [0.25, 0.3) is 0 Å². The van der Waals surface area contributed by atoms with Crippen molar-refractivity contribution in [3.63, 3.8) is 0 Å². The summed E-state index contributed by atoms with van der Waals surface area (Å²) in [7, 11) is 0. The molecule has 0 saturated heterocycles. The predicted molar refractivity (Wildman–Crippen MR) is 69.0 cm³/mol. The minimum absolute atomic E-state index is 0.0761. The number of nitrogens with zero attached hydrogens (tertiary/aromatic N) is 1. The first-order valence-corrected chi connectivity index (χ1v) is 6.18. The van der Waals surface area contributed by atoms with Crippen molar-refractivity contribution in [3.05, 3.63) is 28.0 Å². The topological polar surface area (TPSA) is 29.9 Å². The van der Waals surface area contributed by atoms with Crippen molar-refractivity contribution in [2.75, 3.05) is 13.2 Å². The number of hydrogen-bond acceptors (Lipinski definition) is 2. The van der Waals surface area contributed by atoms with Crippen molar-refractivity contribution in [3.8, 4) is 0 Å². The standard InChI is InChI=1S/C11H10ClF3N2OS/c12-7-1-2-8-9(5-7)17(10(19)16-8)3-4-18-6-11(13,14)15/h1-2,5H,3-4,6H2,(H,16,19). The highest BCUT2D eigenvalue weighted by Gasteiger charge is 2.27. The van der Waals surface area contributed by atoms with E-state index < -0.39 is 12.8 Å². The molecule has 1 N–H and O–H groups in total. The zero-order valence-corrected chi connectivity index (χ0v) is 11.2. The fourth-order valence-electron chi connectivity index (χ4n) is 1.69. The summed E-state index contributed by atoms with van der Waals surface area (Å²) >= 11 is 11.0. The van der Waals surface area contributed by atoms with Crippen molar-refractivity contribution in [1.29, 1.82) is 0 Å². The van der Waals surface area contributed by atoms with Crippen molar-refractivity contribution in [2.24, 2.45) is 0 Å². The fraction of sp³-hybridized carbons (Fsp3) is 0.364. The van der Waals surface area contributed by atoms with E-state index >= 15 is 0 Å². The van der Waals surface area contributed by atoms with E-state index in [9.17, 15) is 13.2 Å². The minimum atomic E-state index is -4.31. The van der Waals surface area contributed by atoms with Gasteiger partial charge >= 0.3 is 6.18 Å². The molecule has 19 heavy (non-hydrogen) atoms. The van der Waals surface area contributed by atoms with E-state index in [-0.39, 0.29) is 13.2 Å². The van der Waals surface area contributed by atoms with Crippen LogP contribution in [0, 0.1) is 4.77 Å². The average Bonchev–Trinajstić information content (AvgIpc) is 2.59. The molecule has 0 atom stereocenters. The van der Waals surface area contributed by atoms with Crippen LogP contribution < -0.4 is 0 Å². The quantitative estimate of drug-likeness (QED) is 0.685. The summed E-state index contributed by atoms with van der Waals surface area (Å²) in [4.78, 5) is 2.95. The number of H-pyrrole nitrogens is 1. The Balaban J connectivity index is 2.10. The van der Waals surface area contributed by atoms with Gasteiger partial charge in [0, 0.05) is 11.6 Å². The van der Waals surface area contributed by atoms with Crippen LogP contribution in [0.4, 0.5) is 13.2 Å². The molecule has 1 heterocycles. The molecular weight excluding hydrogens is 301 g/mol. The minimum Gasteiger partial charge on any atom is -0.370 e. The molecule has 8 heteroatoms. The number of halogens is 4. The van der Waals surface area contributed by atoms with Gasteiger partial charge in [-0.05, 0) is 30.4 Å². The summed E-state index contributed by atoms with van der Waals surface area (Å²) in [5.74, 6) is 0. The smallest absolute Gasteiger partial charge is 0.370 e. The maximum Gasteiger partial charge on any atom is 0.411 e. The van der Waals surface area contributed by atoms with Crippen LogP contribution in [0.25, 0.3) is 11.0 Å². The van der Waals surface area contributed by atoms with Gasteiger partial charge in [-0.25, -0.2) is 0 Å². The van der Waals surface area contributed by atoms with Crippen molar-refractivity contribution in [1.82, 2.24) is 9.55 Å². The molecule has 0 aliphatic carbocycles. The van der Waals surface area contributed by atoms with E-state index in [2.05, 4.69) is 9.72 Å². The molecule has 104 valence electrons. The molecule has 3 nitrogen and oxygen atoms in total. The number of hydrogen-bond donors (Lipinski definition) is 1. The number of aromatic nitrogens is 2. The molecule has 1 aromatic heterocycles. The van der Waals surface area contributed by atoms with Crippen LogP contribution in [0.5, 0.6) is 0 Å². The lowest BCUT2D eigenvalue weighted by molar-refractivity contribution is -0.174. The van der Waals surface area contributed by atoms with Gasteiger partial charge in [-0.15, -0.1) is 0 Å². The Labute approximate surface area is 116 Å². The summed E-state index contributed by atoms with van der Waals surface area (Å²) in [6.45, 7) is -1.11. The molecule has 2 aromatic rings. The first-order chi connectivity index (χ1) is 8.87. The molecule has 0 bridgehead atoms. The van der Waals surface area contributed by atoms with Crippen LogP contribution in [0.2, 0.25) is 5.02 Å². The second kappa shape index (κ2) is 5.52. The number of nitrogens with one attached hydrogen (secondary N) is 1. The molecular formula is C11H10ClF3N2OS. The summed E-state index contributed by atoms with van der Waals surface area (Å²) in [5, 5.41) is 0.534. The third-order valence-electron chi connectivity index (χ3n) is 2.46. The van der Waals surface area contributed by atoms with Gasteiger partial charge in [0.2, 0.25) is 0 Å². The number of benzene rings is 1. The van der Waals surface area contributed by atoms with Gasteiger partial charge in [0.15, 0.2) is 4.77 Å². The molecule has 1 aromatic carbocycles. The molecule has 0 fully saturated rings. The van der Waals surface area contributed by atoms with Crippen LogP contribution in [-0.2, 0) is 11.3 Å². The molecule has 0 aliphatic heterocycles. The number of fused-ring (bicyclic) bond motifs is 1. The van der Waals surface area contributed by atoms with Gasteiger partial charge in [0.05, 0.1) is 17.6 Å². The second-order valence-corrected chi connectivity index (χ2v) is 4.73. The third kappa shape index (κ3) is 3.71. The van der Waals surface area contributed by atoms with Crippen LogP contribution >= 0.6 is 23.8 Å². The van der Waals surface area contributed by atoms with Gasteiger partial charge in [-0.3, -0.25) is 0 Å². The Morgan fingerprint density at radius 2 is 2.11 bits per heavy atom. The Hall–Kier alpha value is -1.05. The van der Waals surface area contributed by atoms with E-state index in [1.807, 2.05) is 0 Å². The highest BCUT2D eigenvalue weighted by Crippen LogP contribution is 2.19. The lowest BCUT2D eigenvalue weighted by Gasteiger charge is -2.08. The summed E-state index contributed by atoms with van der Waals surface area (Å²) in [5.41, 5.74) is 1.53. The summed E-state index contributed by atoms with van der Waals surface area (Å²) in [6.07, 6.45) is -4.31. The maximum atomic E-state index is 11.9. The van der Waals surface area contributed by atoms with E-state index in [4.69, 9.17) is 23.8 Å². The SMILES string of the molecule is FC(F)(F)COCCn1c(=S)[nH]c2ccc(Cl)cc21. The number of ether oxygens (including phenoxy) is 1. The molecule has 0 spiro atoms. The monoisotopic (exact) mass is 310 g/mol. The predicted octanol–water partition coefficient (Wildman–Crippen LogP) is 3.93. The van der Waals surface area contributed by atoms with Crippen molar-refractivity contribution >= 4 is 34.9 Å². The normalized spacial score (nSPS) is 12.2. The van der Waals surface area contributed by atoms with E-state index in [1.165, 1.54) is 0 Å². The van der Waals surface area contributed by atoms with Gasteiger partial charge in [-0.1, -0.05) is 11.6 Å². The number of alkyl halides is 3. The average molecular weight is 311 g/mol. The zero-order valence-electron chi connectivity index (χ0n) is 9.63. The molecule has 2 rings (SSSR count). The van der Waals surface area contributed by atoms with Crippen LogP contribution in [0.3, 0.4) is 0 Å². The Kier molecular flexibility index (Phi) is 4.17. The Morgan fingerprint density at radius 3 is 2.79 bits per heavy atom. The highest BCUT2D eigenvalue weighted by atomic mass is 35.5. The van der Waals surface area contributed by atoms with E-state index in [0.29, 0.717) is 9.79 Å². The zero-order chi connectivity index (χ0) is 14.0. The lowest BCUT2D eigenvalue weighted by atomic mass is 10.3. The van der Waals surface area contributed by atoms with Crippen molar-refractivity contribution in [2.45, 2.75) is 12.7 Å². The number of imidazole rings is 1. The van der Waals surface area contributed by atoms with Crippen LogP contribution in [-0.4, -0.2) is 28.9 Å². The van der Waals surface area contributed by atoms with E-state index in [1.54, 1.807) is 22.8 Å². The number of rotatable bonds is 4. The highest BCUT2D eigenvalue weighted by molar-refractivity contribution is 7.71. The van der Waals surface area contributed by atoms with Gasteiger partial charge < -0.3 is 14.3 Å². The van der Waals surface area contributed by atoms with E-state index in [0.717, 1.165) is 11.0 Å². The van der Waals surface area contributed by atoms with Crippen LogP contribution in [0.1, 0.15) is 0 Å². The molecule has 0 unspecified atom stereocenters. The number of aromatic amines is 1. The molecule has 0 radical (unpaired) electrons. The summed E-state index contributed by atoms with van der Waals surface area (Å²) < 4.78 is 42.4.